The molecule has 1 aliphatic rings. The number of hydrazine groups is 2. The molecule has 1 heterocycles. The summed E-state index contributed by atoms with van der Waals surface area (Å²) in [4.78, 5) is 0. The van der Waals surface area contributed by atoms with Crippen LogP contribution in [-0.2, 0) is 10.1 Å². The van der Waals surface area contributed by atoms with Crippen molar-refractivity contribution in [1.82, 2.24) is 10.7 Å². The van der Waals surface area contributed by atoms with Crippen LogP contribution < -0.4 is 17.0 Å². The summed E-state index contributed by atoms with van der Waals surface area (Å²) >= 11 is 12.0. The highest BCUT2D eigenvalue weighted by Crippen LogP contribution is 2.30. The Labute approximate surface area is 142 Å². The SMILES string of the molecule is NC1=C(c2cccc(Cl)c2Cl)C=NN(N)N1.O=S(=O)(O)CCO. The molecule has 0 bridgehead atoms. The molecule has 9 nitrogen and oxygen atoms in total. The second kappa shape index (κ2) is 8.34. The summed E-state index contributed by atoms with van der Waals surface area (Å²) in [5, 5.41) is 13.6. The maximum absolute atomic E-state index is 9.63. The summed E-state index contributed by atoms with van der Waals surface area (Å²) in [6.07, 6.45) is 1.52. The number of aliphatic hydroxyl groups is 1. The molecule has 0 aromatic heterocycles. The largest absolute Gasteiger partial charge is 0.395 e. The van der Waals surface area contributed by atoms with Crippen LogP contribution in [0, 0.1) is 0 Å². The maximum atomic E-state index is 9.63. The van der Waals surface area contributed by atoms with Crippen LogP contribution >= 0.6 is 23.2 Å². The number of halogens is 2. The van der Waals surface area contributed by atoms with E-state index in [4.69, 9.17) is 44.4 Å². The van der Waals surface area contributed by atoms with Crippen LogP contribution in [0.15, 0.2) is 29.1 Å². The molecule has 23 heavy (non-hydrogen) atoms. The van der Waals surface area contributed by atoms with Crippen LogP contribution in [-0.4, -0.2) is 41.9 Å². The first-order valence-corrected chi connectivity index (χ1v) is 8.38. The van der Waals surface area contributed by atoms with E-state index in [0.717, 1.165) is 5.23 Å². The van der Waals surface area contributed by atoms with E-state index in [9.17, 15) is 8.42 Å². The van der Waals surface area contributed by atoms with Gasteiger partial charge in [0, 0.05) is 11.1 Å². The average Bonchev–Trinajstić information content (AvgIpc) is 2.42. The number of hydrazone groups is 1. The van der Waals surface area contributed by atoms with Crippen LogP contribution in [0.1, 0.15) is 5.56 Å². The Balaban J connectivity index is 0.000000322. The zero-order valence-electron chi connectivity index (χ0n) is 11.6. The monoisotopic (exact) mass is 383 g/mol. The van der Waals surface area contributed by atoms with Crippen LogP contribution in [0.3, 0.4) is 0 Å². The van der Waals surface area contributed by atoms with Crippen molar-refractivity contribution < 1.29 is 18.1 Å². The molecule has 1 aliphatic heterocycles. The van der Waals surface area contributed by atoms with Gasteiger partial charge >= 0.3 is 0 Å². The lowest BCUT2D eigenvalue weighted by Gasteiger charge is -2.21. The summed E-state index contributed by atoms with van der Waals surface area (Å²) in [6, 6.07) is 5.29. The summed E-state index contributed by atoms with van der Waals surface area (Å²) in [5.74, 6) is 5.17. The standard InChI is InChI=1S/C9H9Cl2N5.C2H6O4S/c10-7-3-1-2-5(8(7)11)6-4-14-16(13)15-9(6)12;3-1-2-7(4,5)6/h1-4,15H,12-13H2;3H,1-2H2,(H,4,5,6). The molecule has 0 radical (unpaired) electrons. The van der Waals surface area contributed by atoms with E-state index in [-0.39, 0.29) is 0 Å². The number of rotatable bonds is 3. The molecule has 0 unspecified atom stereocenters. The number of nitrogens with two attached hydrogens (primary N) is 2. The lowest BCUT2D eigenvalue weighted by Crippen LogP contribution is -2.43. The highest BCUT2D eigenvalue weighted by Gasteiger charge is 2.15. The molecule has 0 fully saturated rings. The van der Waals surface area contributed by atoms with E-state index < -0.39 is 22.5 Å². The lowest BCUT2D eigenvalue weighted by molar-refractivity contribution is 0.227. The van der Waals surface area contributed by atoms with Gasteiger partial charge in [-0.25, -0.2) is 5.84 Å². The third kappa shape index (κ3) is 6.22. The van der Waals surface area contributed by atoms with Gasteiger partial charge in [-0.15, -0.1) is 10.3 Å². The van der Waals surface area contributed by atoms with Crippen LogP contribution in [0.25, 0.3) is 5.57 Å². The van der Waals surface area contributed by atoms with E-state index in [1.807, 2.05) is 0 Å². The molecule has 0 atom stereocenters. The van der Waals surface area contributed by atoms with Crippen LogP contribution in [0.5, 0.6) is 0 Å². The quantitative estimate of drug-likeness (QED) is 0.365. The summed E-state index contributed by atoms with van der Waals surface area (Å²) in [6.45, 7) is -0.529. The number of aliphatic hydroxyl groups excluding tert-OH is 1. The second-order valence-corrected chi connectivity index (χ2v) is 6.50. The van der Waals surface area contributed by atoms with Gasteiger partial charge in [0.2, 0.25) is 0 Å². The Hall–Kier alpha value is -1.56. The maximum Gasteiger partial charge on any atom is 0.267 e. The molecular weight excluding hydrogens is 369 g/mol. The van der Waals surface area contributed by atoms with Crippen LogP contribution in [0.4, 0.5) is 0 Å². The van der Waals surface area contributed by atoms with E-state index in [0.29, 0.717) is 27.0 Å². The van der Waals surface area contributed by atoms with Crippen molar-refractivity contribution in [2.24, 2.45) is 16.7 Å². The topological polar surface area (TPSA) is 154 Å². The fraction of sp³-hybridized carbons (Fsp3) is 0.182. The van der Waals surface area contributed by atoms with Crippen molar-refractivity contribution in [3.8, 4) is 0 Å². The van der Waals surface area contributed by atoms with E-state index in [1.165, 1.54) is 6.21 Å². The number of hydrogen-bond acceptors (Lipinski definition) is 8. The normalized spacial score (nSPS) is 14.2. The Kier molecular flexibility index (Phi) is 7.06. The van der Waals surface area contributed by atoms with Crippen molar-refractivity contribution in [3.05, 3.63) is 39.6 Å². The average molecular weight is 384 g/mol. The summed E-state index contributed by atoms with van der Waals surface area (Å²) < 4.78 is 27.1. The minimum absolute atomic E-state index is 0.363. The third-order valence-electron chi connectivity index (χ3n) is 2.43. The molecule has 0 aliphatic carbocycles. The molecule has 0 saturated heterocycles. The van der Waals surface area contributed by atoms with Gasteiger partial charge in [0.15, 0.2) is 0 Å². The molecule has 1 aromatic rings. The first kappa shape index (κ1) is 19.5. The number of nitrogens with one attached hydrogen (secondary N) is 1. The molecule has 7 N–H and O–H groups in total. The Morgan fingerprint density at radius 1 is 1.35 bits per heavy atom. The molecule has 128 valence electrons. The first-order chi connectivity index (χ1) is 10.7. The van der Waals surface area contributed by atoms with Crippen molar-refractivity contribution in [2.75, 3.05) is 12.4 Å². The van der Waals surface area contributed by atoms with Gasteiger partial charge in [0.1, 0.15) is 5.82 Å². The molecule has 0 saturated carbocycles. The number of nitrogens with zero attached hydrogens (tertiary/aromatic N) is 2. The molecule has 12 heteroatoms. The van der Waals surface area contributed by atoms with Crippen molar-refractivity contribution in [1.29, 1.82) is 0 Å². The Morgan fingerprint density at radius 2 is 2.00 bits per heavy atom. The fourth-order valence-electron chi connectivity index (χ4n) is 1.44. The van der Waals surface area contributed by atoms with E-state index >= 15 is 0 Å². The lowest BCUT2D eigenvalue weighted by atomic mass is 10.1. The minimum atomic E-state index is -3.92. The van der Waals surface area contributed by atoms with Crippen molar-refractivity contribution in [2.45, 2.75) is 0 Å². The zero-order valence-corrected chi connectivity index (χ0v) is 14.0. The predicted molar refractivity (Wildman–Crippen MR) is 88.7 cm³/mol. The second-order valence-electron chi connectivity index (χ2n) is 4.14. The van der Waals surface area contributed by atoms with Gasteiger partial charge in [-0.1, -0.05) is 35.3 Å². The van der Waals surface area contributed by atoms with E-state index in [2.05, 4.69) is 10.5 Å². The van der Waals surface area contributed by atoms with Gasteiger partial charge in [-0.05, 0) is 6.07 Å². The van der Waals surface area contributed by atoms with Gasteiger partial charge < -0.3 is 10.8 Å². The van der Waals surface area contributed by atoms with Gasteiger partial charge in [0.25, 0.3) is 10.1 Å². The van der Waals surface area contributed by atoms with Gasteiger partial charge in [-0.2, -0.15) is 8.42 Å². The minimum Gasteiger partial charge on any atom is -0.395 e. The van der Waals surface area contributed by atoms with Gasteiger partial charge in [-0.3, -0.25) is 9.98 Å². The first-order valence-electron chi connectivity index (χ1n) is 6.01. The summed E-state index contributed by atoms with van der Waals surface area (Å²) in [7, 11) is -3.92. The number of benzene rings is 1. The molecule has 1 aromatic carbocycles. The number of hydrogen-bond donors (Lipinski definition) is 5. The number of allylic oxidation sites excluding steroid dienone is 1. The smallest absolute Gasteiger partial charge is 0.267 e. The molecule has 0 amide bonds. The highest BCUT2D eigenvalue weighted by atomic mass is 35.5. The summed E-state index contributed by atoms with van der Waals surface area (Å²) in [5.41, 5.74) is 9.77. The van der Waals surface area contributed by atoms with Crippen LogP contribution in [0.2, 0.25) is 10.0 Å². The predicted octanol–water partition coefficient (Wildman–Crippen LogP) is 0.167. The molecule has 2 rings (SSSR count). The fourth-order valence-corrected chi connectivity index (χ4v) is 2.08. The Bertz CT molecular complexity index is 723. The van der Waals surface area contributed by atoms with E-state index in [1.54, 1.807) is 18.2 Å². The Morgan fingerprint density at radius 3 is 2.48 bits per heavy atom. The van der Waals surface area contributed by atoms with Crippen molar-refractivity contribution >= 4 is 45.1 Å². The molecule has 0 spiro atoms. The van der Waals surface area contributed by atoms with Crippen molar-refractivity contribution in [3.63, 3.8) is 0 Å². The zero-order chi connectivity index (χ0) is 17.6. The van der Waals surface area contributed by atoms with Gasteiger partial charge in [0.05, 0.1) is 28.6 Å². The molecular formula is C11H15Cl2N5O4S. The highest BCUT2D eigenvalue weighted by molar-refractivity contribution is 7.85. The third-order valence-corrected chi connectivity index (χ3v) is 3.94.